The Morgan fingerprint density at radius 3 is 2.82 bits per heavy atom. The molecule has 1 amide bonds. The minimum Gasteiger partial charge on any atom is -0.345 e. The van der Waals surface area contributed by atoms with E-state index in [0.29, 0.717) is 23.6 Å². The minimum absolute atomic E-state index is 0.125. The maximum Gasteiger partial charge on any atom is 0.263 e. The van der Waals surface area contributed by atoms with Gasteiger partial charge in [0.2, 0.25) is 0 Å². The SMILES string of the molecule is Cc1ccn(Cc2cccnc2)c(=O)c1C(=O)NCc1nnc2ccccn12. The number of pyridine rings is 3. The molecule has 4 aromatic heterocycles. The van der Waals surface area contributed by atoms with Crippen LogP contribution >= 0.6 is 0 Å². The van der Waals surface area contributed by atoms with Crippen LogP contribution in [0, 0.1) is 6.92 Å². The van der Waals surface area contributed by atoms with Crippen LogP contribution in [0.15, 0.2) is 66.0 Å². The van der Waals surface area contributed by atoms with Crippen molar-refractivity contribution in [1.29, 1.82) is 0 Å². The van der Waals surface area contributed by atoms with Crippen molar-refractivity contribution in [2.24, 2.45) is 0 Å². The number of fused-ring (bicyclic) bond motifs is 1. The van der Waals surface area contributed by atoms with Gasteiger partial charge in [-0.15, -0.1) is 10.2 Å². The minimum atomic E-state index is -0.435. The molecule has 4 rings (SSSR count). The summed E-state index contributed by atoms with van der Waals surface area (Å²) >= 11 is 0. The van der Waals surface area contributed by atoms with Crippen LogP contribution in [0.3, 0.4) is 0 Å². The fraction of sp³-hybridized carbons (Fsp3) is 0.150. The van der Waals surface area contributed by atoms with Crippen molar-refractivity contribution in [3.8, 4) is 0 Å². The summed E-state index contributed by atoms with van der Waals surface area (Å²) in [5.74, 6) is 0.156. The van der Waals surface area contributed by atoms with Gasteiger partial charge >= 0.3 is 0 Å². The van der Waals surface area contributed by atoms with Crippen LogP contribution in [-0.4, -0.2) is 30.1 Å². The monoisotopic (exact) mass is 374 g/mol. The first kappa shape index (κ1) is 17.6. The van der Waals surface area contributed by atoms with Gasteiger partial charge in [-0.1, -0.05) is 12.1 Å². The number of aromatic nitrogens is 5. The molecule has 0 fully saturated rings. The highest BCUT2D eigenvalue weighted by Gasteiger charge is 2.17. The number of carbonyl (C=O) groups excluding carboxylic acids is 1. The predicted molar refractivity (Wildman–Crippen MR) is 103 cm³/mol. The maximum absolute atomic E-state index is 12.9. The number of rotatable bonds is 5. The number of amides is 1. The lowest BCUT2D eigenvalue weighted by Gasteiger charge is -2.11. The van der Waals surface area contributed by atoms with Crippen molar-refractivity contribution < 1.29 is 4.79 Å². The number of nitrogens with zero attached hydrogens (tertiary/aromatic N) is 5. The molecule has 1 N–H and O–H groups in total. The standard InChI is InChI=1S/C20H18N6O2/c1-14-7-10-25(13-15-5-4-8-21-11-15)20(28)18(14)19(27)22-12-17-24-23-16-6-2-3-9-26(16)17/h2-11H,12-13H2,1H3,(H,22,27). The molecular weight excluding hydrogens is 356 g/mol. The van der Waals surface area contributed by atoms with Crippen molar-refractivity contribution in [2.75, 3.05) is 0 Å². The Morgan fingerprint density at radius 1 is 1.11 bits per heavy atom. The summed E-state index contributed by atoms with van der Waals surface area (Å²) in [6.45, 7) is 2.26. The highest BCUT2D eigenvalue weighted by Crippen LogP contribution is 2.06. The van der Waals surface area contributed by atoms with Crippen LogP contribution in [-0.2, 0) is 13.1 Å². The molecule has 4 aromatic rings. The summed E-state index contributed by atoms with van der Waals surface area (Å²) in [6.07, 6.45) is 6.88. The molecule has 0 radical (unpaired) electrons. The third-order valence-electron chi connectivity index (χ3n) is 4.47. The van der Waals surface area contributed by atoms with E-state index in [0.717, 1.165) is 5.56 Å². The summed E-state index contributed by atoms with van der Waals surface area (Å²) < 4.78 is 3.30. The first-order valence-corrected chi connectivity index (χ1v) is 8.79. The van der Waals surface area contributed by atoms with Crippen molar-refractivity contribution >= 4 is 11.6 Å². The Bertz CT molecular complexity index is 1200. The summed E-state index contributed by atoms with van der Waals surface area (Å²) in [5, 5.41) is 10.9. The summed E-state index contributed by atoms with van der Waals surface area (Å²) in [5.41, 5.74) is 1.99. The van der Waals surface area contributed by atoms with E-state index in [1.165, 1.54) is 4.57 Å². The molecule has 28 heavy (non-hydrogen) atoms. The normalized spacial score (nSPS) is 10.9. The smallest absolute Gasteiger partial charge is 0.263 e. The number of hydrogen-bond acceptors (Lipinski definition) is 5. The lowest BCUT2D eigenvalue weighted by molar-refractivity contribution is 0.0947. The summed E-state index contributed by atoms with van der Waals surface area (Å²) in [7, 11) is 0. The van der Waals surface area contributed by atoms with E-state index in [1.807, 2.05) is 36.5 Å². The molecular formula is C20H18N6O2. The van der Waals surface area contributed by atoms with Crippen LogP contribution in [0.2, 0.25) is 0 Å². The number of hydrogen-bond donors (Lipinski definition) is 1. The maximum atomic E-state index is 12.9. The molecule has 0 aliphatic heterocycles. The quantitative estimate of drug-likeness (QED) is 0.572. The Labute approximate surface area is 160 Å². The molecule has 0 aliphatic rings. The molecule has 0 aliphatic carbocycles. The van der Waals surface area contributed by atoms with Crippen molar-refractivity contribution in [1.82, 2.24) is 29.5 Å². The molecule has 8 nitrogen and oxygen atoms in total. The van der Waals surface area contributed by atoms with Gasteiger partial charge in [0.05, 0.1) is 13.1 Å². The molecule has 4 heterocycles. The van der Waals surface area contributed by atoms with E-state index in [9.17, 15) is 9.59 Å². The lowest BCUT2D eigenvalue weighted by atomic mass is 10.1. The Morgan fingerprint density at radius 2 is 2.00 bits per heavy atom. The van der Waals surface area contributed by atoms with Crippen molar-refractivity contribution in [3.63, 3.8) is 0 Å². The van der Waals surface area contributed by atoms with Crippen LogP contribution in [0.5, 0.6) is 0 Å². The van der Waals surface area contributed by atoms with Crippen LogP contribution in [0.25, 0.3) is 5.65 Å². The largest absolute Gasteiger partial charge is 0.345 e. The molecule has 8 heteroatoms. The third-order valence-corrected chi connectivity index (χ3v) is 4.47. The molecule has 0 saturated carbocycles. The van der Waals surface area contributed by atoms with Gasteiger partial charge in [-0.25, -0.2) is 0 Å². The Hall–Kier alpha value is -3.81. The zero-order valence-electron chi connectivity index (χ0n) is 15.2. The van der Waals surface area contributed by atoms with Crippen LogP contribution in [0.4, 0.5) is 0 Å². The Balaban J connectivity index is 1.57. The van der Waals surface area contributed by atoms with Gasteiger partial charge in [0, 0.05) is 24.8 Å². The second-order valence-corrected chi connectivity index (χ2v) is 6.40. The molecule has 0 aromatic carbocycles. The van der Waals surface area contributed by atoms with Crippen LogP contribution in [0.1, 0.15) is 27.3 Å². The van der Waals surface area contributed by atoms with E-state index in [4.69, 9.17) is 0 Å². The van der Waals surface area contributed by atoms with Crippen molar-refractivity contribution in [2.45, 2.75) is 20.0 Å². The highest BCUT2D eigenvalue weighted by molar-refractivity contribution is 5.95. The predicted octanol–water partition coefficient (Wildman–Crippen LogP) is 1.57. The summed E-state index contributed by atoms with van der Waals surface area (Å²) in [6, 6.07) is 11.0. The van der Waals surface area contributed by atoms with Gasteiger partial charge in [0.15, 0.2) is 11.5 Å². The lowest BCUT2D eigenvalue weighted by Crippen LogP contribution is -2.34. The average molecular weight is 374 g/mol. The molecule has 0 unspecified atom stereocenters. The number of nitrogens with one attached hydrogen (secondary N) is 1. The highest BCUT2D eigenvalue weighted by atomic mass is 16.2. The summed E-state index contributed by atoms with van der Waals surface area (Å²) in [4.78, 5) is 29.6. The average Bonchev–Trinajstić information content (AvgIpc) is 3.13. The molecule has 0 atom stereocenters. The molecule has 0 spiro atoms. The van der Waals surface area contributed by atoms with Crippen molar-refractivity contribution in [3.05, 3.63) is 94.1 Å². The third kappa shape index (κ3) is 3.39. The van der Waals surface area contributed by atoms with Gasteiger partial charge in [-0.3, -0.25) is 19.0 Å². The van der Waals surface area contributed by atoms with Gasteiger partial charge in [-0.2, -0.15) is 0 Å². The fourth-order valence-electron chi connectivity index (χ4n) is 3.01. The van der Waals surface area contributed by atoms with E-state index < -0.39 is 5.91 Å². The second kappa shape index (κ2) is 7.43. The molecule has 0 saturated heterocycles. The van der Waals surface area contributed by atoms with E-state index >= 15 is 0 Å². The van der Waals surface area contributed by atoms with E-state index in [1.54, 1.807) is 36.0 Å². The first-order valence-electron chi connectivity index (χ1n) is 8.79. The van der Waals surface area contributed by atoms with E-state index in [-0.39, 0.29) is 17.7 Å². The second-order valence-electron chi connectivity index (χ2n) is 6.40. The van der Waals surface area contributed by atoms with Gasteiger partial charge in [0.1, 0.15) is 5.56 Å². The topological polar surface area (TPSA) is 94.2 Å². The number of aryl methyl sites for hydroxylation is 1. The molecule has 0 bridgehead atoms. The van der Waals surface area contributed by atoms with Crippen LogP contribution < -0.4 is 10.9 Å². The fourth-order valence-corrected chi connectivity index (χ4v) is 3.01. The van der Waals surface area contributed by atoms with E-state index in [2.05, 4.69) is 20.5 Å². The van der Waals surface area contributed by atoms with Gasteiger partial charge in [0.25, 0.3) is 11.5 Å². The Kier molecular flexibility index (Phi) is 4.67. The van der Waals surface area contributed by atoms with Gasteiger partial charge < -0.3 is 9.88 Å². The molecule has 140 valence electrons. The zero-order chi connectivity index (χ0) is 19.5. The zero-order valence-corrected chi connectivity index (χ0v) is 15.2. The van der Waals surface area contributed by atoms with Gasteiger partial charge in [-0.05, 0) is 42.3 Å². The first-order chi connectivity index (χ1) is 13.6. The number of carbonyl (C=O) groups is 1.